The molecule has 0 aliphatic carbocycles. The summed E-state index contributed by atoms with van der Waals surface area (Å²) in [7, 11) is 0. The summed E-state index contributed by atoms with van der Waals surface area (Å²) >= 11 is 18.3. The molecular weight excluding hydrogens is 457 g/mol. The second-order valence-corrected chi connectivity index (χ2v) is 9.50. The number of hydrogen-bond acceptors (Lipinski definition) is 3. The fourth-order valence-corrected chi connectivity index (χ4v) is 5.33. The quantitative estimate of drug-likeness (QED) is 0.631. The summed E-state index contributed by atoms with van der Waals surface area (Å²) in [6.45, 7) is 0.739. The van der Waals surface area contributed by atoms with Crippen molar-refractivity contribution >= 4 is 46.6 Å². The Labute approximate surface area is 197 Å². The average Bonchev–Trinajstić information content (AvgIpc) is 2.96. The SMILES string of the molecule is O=C(CNC(=O)c1cccc(Cl)c1)N[C@H]1C[C@H]2CC[C@@H](C1)N2Cc1ccc(Cl)cc1Cl. The highest BCUT2D eigenvalue weighted by atomic mass is 35.5. The van der Waals surface area contributed by atoms with Gasteiger partial charge in [-0.25, -0.2) is 0 Å². The molecule has 0 spiro atoms. The first kappa shape index (κ1) is 22.4. The van der Waals surface area contributed by atoms with Crippen LogP contribution in [0.5, 0.6) is 0 Å². The van der Waals surface area contributed by atoms with Crippen molar-refractivity contribution in [1.82, 2.24) is 15.5 Å². The zero-order chi connectivity index (χ0) is 22.0. The van der Waals surface area contributed by atoms with Crippen molar-refractivity contribution in [2.75, 3.05) is 6.54 Å². The Morgan fingerprint density at radius 2 is 1.68 bits per heavy atom. The number of carbonyl (C=O) groups is 2. The first-order valence-electron chi connectivity index (χ1n) is 10.4. The summed E-state index contributed by atoms with van der Waals surface area (Å²) in [6, 6.07) is 13.2. The maximum Gasteiger partial charge on any atom is 0.251 e. The number of piperidine rings is 1. The van der Waals surface area contributed by atoms with Gasteiger partial charge >= 0.3 is 0 Å². The molecule has 0 aromatic heterocycles. The van der Waals surface area contributed by atoms with Crippen LogP contribution in [-0.4, -0.2) is 41.4 Å². The van der Waals surface area contributed by atoms with Crippen LogP contribution in [0.25, 0.3) is 0 Å². The minimum absolute atomic E-state index is 0.0543. The Morgan fingerprint density at radius 1 is 0.968 bits per heavy atom. The lowest BCUT2D eigenvalue weighted by Gasteiger charge is -2.39. The maximum atomic E-state index is 12.4. The van der Waals surface area contributed by atoms with Crippen LogP contribution in [0.3, 0.4) is 0 Å². The third kappa shape index (κ3) is 5.53. The zero-order valence-electron chi connectivity index (χ0n) is 16.9. The second kappa shape index (κ2) is 9.78. The Hall–Kier alpha value is -1.79. The molecule has 2 bridgehead atoms. The monoisotopic (exact) mass is 479 g/mol. The van der Waals surface area contributed by atoms with Crippen LogP contribution in [0, 0.1) is 0 Å². The van der Waals surface area contributed by atoms with Gasteiger partial charge in [-0.1, -0.05) is 46.9 Å². The molecule has 164 valence electrons. The Balaban J connectivity index is 1.28. The number of carbonyl (C=O) groups excluding carboxylic acids is 2. The molecule has 2 aliphatic rings. The number of nitrogens with one attached hydrogen (secondary N) is 2. The summed E-state index contributed by atoms with van der Waals surface area (Å²) in [5, 5.41) is 7.57. The van der Waals surface area contributed by atoms with Crippen molar-refractivity contribution in [3.8, 4) is 0 Å². The molecule has 0 radical (unpaired) electrons. The van der Waals surface area contributed by atoms with E-state index >= 15 is 0 Å². The highest BCUT2D eigenvalue weighted by Crippen LogP contribution is 2.37. The van der Waals surface area contributed by atoms with E-state index in [1.165, 1.54) is 0 Å². The van der Waals surface area contributed by atoms with Gasteiger partial charge in [0.25, 0.3) is 5.91 Å². The van der Waals surface area contributed by atoms with Gasteiger partial charge in [0, 0.05) is 45.3 Å². The Morgan fingerprint density at radius 3 is 2.35 bits per heavy atom. The van der Waals surface area contributed by atoms with Crippen molar-refractivity contribution < 1.29 is 9.59 Å². The van der Waals surface area contributed by atoms with E-state index < -0.39 is 0 Å². The van der Waals surface area contributed by atoms with Crippen LogP contribution in [0.1, 0.15) is 41.6 Å². The summed E-state index contributed by atoms with van der Waals surface area (Å²) in [5.41, 5.74) is 1.52. The lowest BCUT2D eigenvalue weighted by atomic mass is 9.96. The zero-order valence-corrected chi connectivity index (χ0v) is 19.2. The Kier molecular flexibility index (Phi) is 7.07. The lowest BCUT2D eigenvalue weighted by Crippen LogP contribution is -2.51. The molecule has 2 N–H and O–H groups in total. The lowest BCUT2D eigenvalue weighted by molar-refractivity contribution is -0.121. The van der Waals surface area contributed by atoms with Gasteiger partial charge in [-0.05, 0) is 61.6 Å². The van der Waals surface area contributed by atoms with Gasteiger partial charge in [0.2, 0.25) is 5.91 Å². The van der Waals surface area contributed by atoms with E-state index in [9.17, 15) is 9.59 Å². The maximum absolute atomic E-state index is 12.4. The molecule has 3 atom stereocenters. The van der Waals surface area contributed by atoms with Gasteiger partial charge < -0.3 is 10.6 Å². The van der Waals surface area contributed by atoms with Gasteiger partial charge in [-0.3, -0.25) is 14.5 Å². The normalized spacial score (nSPS) is 22.9. The predicted octanol–water partition coefficient (Wildman–Crippen LogP) is 4.69. The van der Waals surface area contributed by atoms with Gasteiger partial charge in [-0.15, -0.1) is 0 Å². The van der Waals surface area contributed by atoms with Crippen LogP contribution >= 0.6 is 34.8 Å². The summed E-state index contributed by atoms with van der Waals surface area (Å²) in [6.07, 6.45) is 4.03. The number of fused-ring (bicyclic) bond motifs is 2. The van der Waals surface area contributed by atoms with Crippen molar-refractivity contribution in [3.63, 3.8) is 0 Å². The van der Waals surface area contributed by atoms with Crippen molar-refractivity contribution in [2.24, 2.45) is 0 Å². The first-order valence-corrected chi connectivity index (χ1v) is 11.5. The number of rotatable bonds is 6. The number of benzene rings is 2. The van der Waals surface area contributed by atoms with Gasteiger partial charge in [0.05, 0.1) is 6.54 Å². The van der Waals surface area contributed by atoms with Crippen LogP contribution in [0.4, 0.5) is 0 Å². The molecule has 2 amide bonds. The molecule has 2 aromatic rings. The van der Waals surface area contributed by atoms with E-state index in [0.717, 1.165) is 37.8 Å². The number of halogens is 3. The minimum atomic E-state index is -0.313. The van der Waals surface area contributed by atoms with E-state index in [4.69, 9.17) is 34.8 Å². The van der Waals surface area contributed by atoms with Crippen molar-refractivity contribution in [3.05, 3.63) is 68.7 Å². The molecular formula is C23H24Cl3N3O2. The molecule has 0 saturated carbocycles. The third-order valence-electron chi connectivity index (χ3n) is 6.11. The van der Waals surface area contributed by atoms with Gasteiger partial charge in [-0.2, -0.15) is 0 Å². The second-order valence-electron chi connectivity index (χ2n) is 8.22. The largest absolute Gasteiger partial charge is 0.352 e. The summed E-state index contributed by atoms with van der Waals surface area (Å²) in [5.74, 6) is -0.485. The molecule has 2 saturated heterocycles. The molecule has 31 heavy (non-hydrogen) atoms. The highest BCUT2D eigenvalue weighted by molar-refractivity contribution is 6.35. The molecule has 2 aliphatic heterocycles. The van der Waals surface area contributed by atoms with Crippen LogP contribution in [0.15, 0.2) is 42.5 Å². The van der Waals surface area contributed by atoms with E-state index in [2.05, 4.69) is 15.5 Å². The highest BCUT2D eigenvalue weighted by Gasteiger charge is 2.41. The molecule has 2 fully saturated rings. The van der Waals surface area contributed by atoms with Gasteiger partial charge in [0.15, 0.2) is 0 Å². The Bertz CT molecular complexity index is 970. The average molecular weight is 481 g/mol. The third-order valence-corrected chi connectivity index (χ3v) is 6.94. The summed E-state index contributed by atoms with van der Waals surface area (Å²) in [4.78, 5) is 27.1. The minimum Gasteiger partial charge on any atom is -0.352 e. The van der Waals surface area contributed by atoms with E-state index in [1.807, 2.05) is 12.1 Å². The standard InChI is InChI=1S/C23H24Cl3N3O2/c24-16-3-1-2-14(8-16)23(31)27-12-22(30)28-18-10-19-6-7-20(11-18)29(19)13-15-4-5-17(25)9-21(15)26/h1-5,8-9,18-20H,6-7,10-13H2,(H,27,31)(H,28,30)/t18-,19+,20-. The first-order chi connectivity index (χ1) is 14.9. The number of amides is 2. The van der Waals surface area contributed by atoms with E-state index in [1.54, 1.807) is 30.3 Å². The number of nitrogens with zero attached hydrogens (tertiary/aromatic N) is 1. The fourth-order valence-electron chi connectivity index (χ4n) is 4.67. The molecule has 8 heteroatoms. The molecule has 2 aromatic carbocycles. The van der Waals surface area contributed by atoms with Crippen LogP contribution in [-0.2, 0) is 11.3 Å². The fraction of sp³-hybridized carbons (Fsp3) is 0.391. The molecule has 2 heterocycles. The molecule has 4 rings (SSSR count). The molecule has 5 nitrogen and oxygen atoms in total. The smallest absolute Gasteiger partial charge is 0.251 e. The van der Waals surface area contributed by atoms with Crippen LogP contribution < -0.4 is 10.6 Å². The predicted molar refractivity (Wildman–Crippen MR) is 124 cm³/mol. The topological polar surface area (TPSA) is 61.4 Å². The molecule has 0 unspecified atom stereocenters. The van der Waals surface area contributed by atoms with E-state index in [-0.39, 0.29) is 24.4 Å². The van der Waals surface area contributed by atoms with Crippen molar-refractivity contribution in [1.29, 1.82) is 0 Å². The van der Waals surface area contributed by atoms with Gasteiger partial charge in [0.1, 0.15) is 0 Å². The van der Waals surface area contributed by atoms with Crippen molar-refractivity contribution in [2.45, 2.75) is 50.4 Å². The van der Waals surface area contributed by atoms with Crippen LogP contribution in [0.2, 0.25) is 15.1 Å². The summed E-state index contributed by atoms with van der Waals surface area (Å²) < 4.78 is 0. The van der Waals surface area contributed by atoms with E-state index in [0.29, 0.717) is 32.7 Å². The number of hydrogen-bond donors (Lipinski definition) is 2.